The maximum Gasteiger partial charge on any atom is 0.148 e. The summed E-state index contributed by atoms with van der Waals surface area (Å²) >= 11 is 7.06. The molecule has 1 unspecified atom stereocenters. The van der Waals surface area contributed by atoms with Gasteiger partial charge in [-0.3, -0.25) is 0 Å². The maximum atomic E-state index is 5.75. The van der Waals surface area contributed by atoms with Gasteiger partial charge in [0.05, 0.1) is 8.95 Å². The highest BCUT2D eigenvalue weighted by Crippen LogP contribution is 2.35. The van der Waals surface area contributed by atoms with Gasteiger partial charge < -0.3 is 10.1 Å². The predicted molar refractivity (Wildman–Crippen MR) is 79.5 cm³/mol. The molecule has 0 amide bonds. The van der Waals surface area contributed by atoms with E-state index in [9.17, 15) is 0 Å². The first-order valence-corrected chi connectivity index (χ1v) is 7.15. The highest BCUT2D eigenvalue weighted by atomic mass is 79.9. The molecule has 2 nitrogen and oxygen atoms in total. The van der Waals surface area contributed by atoms with Gasteiger partial charge in [-0.1, -0.05) is 19.6 Å². The lowest BCUT2D eigenvalue weighted by Crippen LogP contribution is -2.12. The van der Waals surface area contributed by atoms with E-state index >= 15 is 0 Å². The first-order chi connectivity index (χ1) is 8.08. The number of hydrogen-bond donors (Lipinski definition) is 1. The van der Waals surface area contributed by atoms with Crippen molar-refractivity contribution in [2.75, 3.05) is 6.54 Å². The summed E-state index contributed by atoms with van der Waals surface area (Å²) in [5.41, 5.74) is 1.21. The zero-order valence-electron chi connectivity index (χ0n) is 10.1. The van der Waals surface area contributed by atoms with Crippen molar-refractivity contribution in [2.45, 2.75) is 26.5 Å². The molecule has 1 rings (SSSR count). The van der Waals surface area contributed by atoms with Crippen LogP contribution >= 0.6 is 31.9 Å². The van der Waals surface area contributed by atoms with Crippen LogP contribution in [0.2, 0.25) is 0 Å². The van der Waals surface area contributed by atoms with Crippen LogP contribution in [0.1, 0.15) is 19.4 Å². The summed E-state index contributed by atoms with van der Waals surface area (Å²) in [5.74, 6) is 0.817. The van der Waals surface area contributed by atoms with Gasteiger partial charge in [0.25, 0.3) is 0 Å². The summed E-state index contributed by atoms with van der Waals surface area (Å²) in [6.07, 6.45) is 1.76. The van der Waals surface area contributed by atoms with Crippen molar-refractivity contribution in [3.05, 3.63) is 39.3 Å². The first-order valence-electron chi connectivity index (χ1n) is 5.56. The fourth-order valence-electron chi connectivity index (χ4n) is 1.33. The molecule has 1 N–H and O–H groups in total. The van der Waals surface area contributed by atoms with Gasteiger partial charge in [-0.15, -0.1) is 0 Å². The van der Waals surface area contributed by atoms with Gasteiger partial charge in [0.1, 0.15) is 11.9 Å². The topological polar surface area (TPSA) is 21.3 Å². The standard InChI is InChI=1S/C13H17Br2NO/c1-4-9(3)17-13-11(14)6-10(7-12(13)15)8-16-5-2/h4,6-7,9,16H,1,5,8H2,2-3H3. The van der Waals surface area contributed by atoms with E-state index in [0.717, 1.165) is 27.8 Å². The molecule has 0 fully saturated rings. The van der Waals surface area contributed by atoms with Crippen LogP contribution in [-0.4, -0.2) is 12.6 Å². The van der Waals surface area contributed by atoms with Crippen molar-refractivity contribution in [3.63, 3.8) is 0 Å². The Hall–Kier alpha value is -0.320. The van der Waals surface area contributed by atoms with Crippen LogP contribution < -0.4 is 10.1 Å². The molecular weight excluding hydrogens is 346 g/mol. The normalized spacial score (nSPS) is 12.2. The fraction of sp³-hybridized carbons (Fsp3) is 0.385. The molecule has 4 heteroatoms. The quantitative estimate of drug-likeness (QED) is 0.763. The zero-order valence-corrected chi connectivity index (χ0v) is 13.3. The Labute approximate surface area is 120 Å². The molecule has 0 saturated heterocycles. The number of nitrogens with one attached hydrogen (secondary N) is 1. The molecule has 0 heterocycles. The molecule has 0 radical (unpaired) electrons. The Balaban J connectivity index is 2.89. The van der Waals surface area contributed by atoms with Gasteiger partial charge in [0, 0.05) is 6.54 Å². The third kappa shape index (κ3) is 4.45. The minimum atomic E-state index is -0.0118. The molecule has 1 aromatic carbocycles. The smallest absolute Gasteiger partial charge is 0.148 e. The molecule has 94 valence electrons. The van der Waals surface area contributed by atoms with Crippen LogP contribution in [0.25, 0.3) is 0 Å². The average Bonchev–Trinajstić information content (AvgIpc) is 2.30. The van der Waals surface area contributed by atoms with Crippen LogP contribution in [0, 0.1) is 0 Å². The second-order valence-corrected chi connectivity index (χ2v) is 5.44. The lowest BCUT2D eigenvalue weighted by Gasteiger charge is -2.15. The summed E-state index contributed by atoms with van der Waals surface area (Å²) in [5, 5.41) is 3.29. The molecule has 1 aromatic rings. The molecule has 17 heavy (non-hydrogen) atoms. The summed E-state index contributed by atoms with van der Waals surface area (Å²) in [6, 6.07) is 4.14. The van der Waals surface area contributed by atoms with Crippen molar-refractivity contribution in [2.24, 2.45) is 0 Å². The zero-order chi connectivity index (χ0) is 12.8. The van der Waals surface area contributed by atoms with E-state index in [1.165, 1.54) is 5.56 Å². The van der Waals surface area contributed by atoms with Crippen LogP contribution in [0.3, 0.4) is 0 Å². The second-order valence-electron chi connectivity index (χ2n) is 3.73. The van der Waals surface area contributed by atoms with Crippen molar-refractivity contribution >= 4 is 31.9 Å². The Morgan fingerprint density at radius 1 is 1.41 bits per heavy atom. The Kier molecular flexibility index (Phi) is 6.23. The Morgan fingerprint density at radius 2 is 2.00 bits per heavy atom. The van der Waals surface area contributed by atoms with Crippen molar-refractivity contribution in [3.8, 4) is 5.75 Å². The molecule has 0 aromatic heterocycles. The summed E-state index contributed by atoms with van der Waals surface area (Å²) < 4.78 is 7.66. The summed E-state index contributed by atoms with van der Waals surface area (Å²) in [4.78, 5) is 0. The highest BCUT2D eigenvalue weighted by molar-refractivity contribution is 9.11. The Bertz CT molecular complexity index is 370. The molecule has 0 aliphatic carbocycles. The van der Waals surface area contributed by atoms with E-state index in [2.05, 4.69) is 62.8 Å². The van der Waals surface area contributed by atoms with Gasteiger partial charge >= 0.3 is 0 Å². The Morgan fingerprint density at radius 3 is 2.47 bits per heavy atom. The summed E-state index contributed by atoms with van der Waals surface area (Å²) in [6.45, 7) is 9.57. The largest absolute Gasteiger partial charge is 0.484 e. The van der Waals surface area contributed by atoms with Crippen LogP contribution in [0.15, 0.2) is 33.7 Å². The molecular formula is C13H17Br2NO. The third-order valence-corrected chi connectivity index (χ3v) is 3.45. The van der Waals surface area contributed by atoms with Crippen LogP contribution in [-0.2, 0) is 6.54 Å². The minimum Gasteiger partial charge on any atom is -0.484 e. The lowest BCUT2D eigenvalue weighted by atomic mass is 10.2. The van der Waals surface area contributed by atoms with E-state index in [-0.39, 0.29) is 6.10 Å². The molecule has 0 aliphatic rings. The first kappa shape index (κ1) is 14.7. The predicted octanol–water partition coefficient (Wildman–Crippen LogP) is 4.27. The van der Waals surface area contributed by atoms with Gasteiger partial charge in [0.2, 0.25) is 0 Å². The van der Waals surface area contributed by atoms with E-state index < -0.39 is 0 Å². The SMILES string of the molecule is C=CC(C)Oc1c(Br)cc(CNCC)cc1Br. The van der Waals surface area contributed by atoms with E-state index in [0.29, 0.717) is 0 Å². The highest BCUT2D eigenvalue weighted by Gasteiger charge is 2.10. The van der Waals surface area contributed by atoms with Crippen LogP contribution in [0.5, 0.6) is 5.75 Å². The van der Waals surface area contributed by atoms with Crippen molar-refractivity contribution < 1.29 is 4.74 Å². The number of hydrogen-bond acceptors (Lipinski definition) is 2. The number of halogens is 2. The minimum absolute atomic E-state index is 0.0118. The van der Waals surface area contributed by atoms with Gasteiger partial charge in [0.15, 0.2) is 0 Å². The van der Waals surface area contributed by atoms with Crippen molar-refractivity contribution in [1.29, 1.82) is 0 Å². The molecule has 1 atom stereocenters. The fourth-order valence-corrected chi connectivity index (χ4v) is 2.80. The van der Waals surface area contributed by atoms with E-state index in [1.807, 2.05) is 6.92 Å². The molecule has 0 saturated carbocycles. The average molecular weight is 363 g/mol. The number of ether oxygens (including phenoxy) is 1. The molecule has 0 spiro atoms. The maximum absolute atomic E-state index is 5.75. The van der Waals surface area contributed by atoms with Gasteiger partial charge in [-0.05, 0) is 63.0 Å². The van der Waals surface area contributed by atoms with Crippen molar-refractivity contribution in [1.82, 2.24) is 5.32 Å². The van der Waals surface area contributed by atoms with E-state index in [4.69, 9.17) is 4.74 Å². The van der Waals surface area contributed by atoms with Crippen LogP contribution in [0.4, 0.5) is 0 Å². The number of rotatable bonds is 6. The number of benzene rings is 1. The van der Waals surface area contributed by atoms with E-state index in [1.54, 1.807) is 6.08 Å². The molecule has 0 bridgehead atoms. The summed E-state index contributed by atoms with van der Waals surface area (Å²) in [7, 11) is 0. The lowest BCUT2D eigenvalue weighted by molar-refractivity contribution is 0.266. The second kappa shape index (κ2) is 7.19. The monoisotopic (exact) mass is 361 g/mol. The van der Waals surface area contributed by atoms with Gasteiger partial charge in [-0.25, -0.2) is 0 Å². The van der Waals surface area contributed by atoms with Gasteiger partial charge in [-0.2, -0.15) is 0 Å². The molecule has 0 aliphatic heterocycles. The third-order valence-electron chi connectivity index (χ3n) is 2.27.